The molecule has 0 bridgehead atoms. The summed E-state index contributed by atoms with van der Waals surface area (Å²) in [5.74, 6) is -0.202. The summed E-state index contributed by atoms with van der Waals surface area (Å²) in [6, 6.07) is 15.8. The van der Waals surface area contributed by atoms with Crippen molar-refractivity contribution in [2.75, 3.05) is 6.61 Å². The molecule has 0 spiro atoms. The predicted molar refractivity (Wildman–Crippen MR) is 100 cm³/mol. The van der Waals surface area contributed by atoms with E-state index in [1.54, 1.807) is 6.21 Å². The number of aryl methyl sites for hydroxylation is 1. The largest absolute Gasteiger partial charge is 0.386 e. The highest BCUT2D eigenvalue weighted by atomic mass is 79.9. The van der Waals surface area contributed by atoms with E-state index in [2.05, 4.69) is 45.5 Å². The lowest BCUT2D eigenvalue weighted by atomic mass is 10.1. The van der Waals surface area contributed by atoms with Gasteiger partial charge in [-0.3, -0.25) is 4.79 Å². The SMILES string of the molecule is CCc1ccc([C@@H](C)NC(=O)CO/N=C\c2ccccc2Br)cc1. The van der Waals surface area contributed by atoms with Crippen LogP contribution in [0.25, 0.3) is 0 Å². The fraction of sp³-hybridized carbons (Fsp3) is 0.263. The molecular formula is C19H21BrN2O2. The maximum atomic E-state index is 11.9. The number of oxime groups is 1. The van der Waals surface area contributed by atoms with Gasteiger partial charge in [0.05, 0.1) is 12.3 Å². The third-order valence-electron chi connectivity index (χ3n) is 3.63. The van der Waals surface area contributed by atoms with Crippen LogP contribution < -0.4 is 5.32 Å². The molecule has 0 unspecified atom stereocenters. The molecule has 126 valence electrons. The quantitative estimate of drug-likeness (QED) is 0.569. The molecule has 2 aromatic carbocycles. The van der Waals surface area contributed by atoms with Crippen LogP contribution in [-0.4, -0.2) is 18.7 Å². The van der Waals surface area contributed by atoms with E-state index >= 15 is 0 Å². The van der Waals surface area contributed by atoms with Crippen molar-refractivity contribution in [1.82, 2.24) is 5.32 Å². The lowest BCUT2D eigenvalue weighted by molar-refractivity contribution is -0.126. The molecule has 1 N–H and O–H groups in total. The number of carbonyl (C=O) groups is 1. The van der Waals surface area contributed by atoms with Crippen LogP contribution in [0.3, 0.4) is 0 Å². The first-order valence-electron chi connectivity index (χ1n) is 7.88. The van der Waals surface area contributed by atoms with Crippen molar-refractivity contribution in [2.24, 2.45) is 5.16 Å². The molecule has 0 radical (unpaired) electrons. The van der Waals surface area contributed by atoms with Crippen LogP contribution in [0.1, 0.15) is 36.6 Å². The smallest absolute Gasteiger partial charge is 0.261 e. The van der Waals surface area contributed by atoms with Crippen molar-refractivity contribution in [2.45, 2.75) is 26.3 Å². The number of benzene rings is 2. The first kappa shape index (κ1) is 18.2. The highest BCUT2D eigenvalue weighted by Gasteiger charge is 2.09. The fourth-order valence-electron chi connectivity index (χ4n) is 2.18. The second-order valence-electron chi connectivity index (χ2n) is 5.41. The first-order valence-corrected chi connectivity index (χ1v) is 8.67. The predicted octanol–water partition coefficient (Wildman–Crippen LogP) is 4.24. The van der Waals surface area contributed by atoms with Gasteiger partial charge in [-0.05, 0) is 30.5 Å². The Hall–Kier alpha value is -2.14. The van der Waals surface area contributed by atoms with Gasteiger partial charge in [0.25, 0.3) is 5.91 Å². The Bertz CT molecular complexity index is 699. The molecule has 0 fully saturated rings. The van der Waals surface area contributed by atoms with Crippen molar-refractivity contribution in [3.63, 3.8) is 0 Å². The van der Waals surface area contributed by atoms with Crippen molar-refractivity contribution in [3.8, 4) is 0 Å². The third-order valence-corrected chi connectivity index (χ3v) is 4.35. The lowest BCUT2D eigenvalue weighted by Crippen LogP contribution is -2.29. The Balaban J connectivity index is 1.79. The van der Waals surface area contributed by atoms with Crippen molar-refractivity contribution < 1.29 is 9.63 Å². The van der Waals surface area contributed by atoms with E-state index < -0.39 is 0 Å². The molecule has 2 rings (SSSR count). The van der Waals surface area contributed by atoms with Gasteiger partial charge in [-0.1, -0.05) is 70.5 Å². The summed E-state index contributed by atoms with van der Waals surface area (Å²) >= 11 is 3.42. The molecule has 0 aromatic heterocycles. The molecule has 2 aromatic rings. The first-order chi connectivity index (χ1) is 11.6. The minimum absolute atomic E-state index is 0.0701. The topological polar surface area (TPSA) is 50.7 Å². The van der Waals surface area contributed by atoms with E-state index in [-0.39, 0.29) is 18.6 Å². The van der Waals surface area contributed by atoms with Crippen molar-refractivity contribution >= 4 is 28.1 Å². The Morgan fingerprint density at radius 2 is 1.96 bits per heavy atom. The van der Waals surface area contributed by atoms with Crippen LogP contribution in [0.4, 0.5) is 0 Å². The van der Waals surface area contributed by atoms with E-state index in [9.17, 15) is 4.79 Å². The number of hydrogen-bond donors (Lipinski definition) is 1. The zero-order chi connectivity index (χ0) is 17.4. The van der Waals surface area contributed by atoms with Crippen LogP contribution in [0.15, 0.2) is 58.2 Å². The number of amides is 1. The maximum absolute atomic E-state index is 11.9. The lowest BCUT2D eigenvalue weighted by Gasteiger charge is -2.14. The van der Waals surface area contributed by atoms with Gasteiger partial charge in [0.1, 0.15) is 0 Å². The molecule has 24 heavy (non-hydrogen) atoms. The zero-order valence-electron chi connectivity index (χ0n) is 13.8. The third kappa shape index (κ3) is 5.49. The summed E-state index contributed by atoms with van der Waals surface area (Å²) in [4.78, 5) is 17.0. The van der Waals surface area contributed by atoms with E-state index in [4.69, 9.17) is 4.84 Å². The number of hydrogen-bond acceptors (Lipinski definition) is 3. The molecular weight excluding hydrogens is 368 g/mol. The van der Waals surface area contributed by atoms with Crippen molar-refractivity contribution in [3.05, 3.63) is 69.7 Å². The molecule has 1 amide bonds. The average Bonchev–Trinajstić information content (AvgIpc) is 2.60. The highest BCUT2D eigenvalue weighted by molar-refractivity contribution is 9.10. The van der Waals surface area contributed by atoms with Gasteiger partial charge in [0.15, 0.2) is 6.61 Å². The summed E-state index contributed by atoms with van der Waals surface area (Å²) in [6.07, 6.45) is 2.58. The van der Waals surface area contributed by atoms with Gasteiger partial charge in [-0.2, -0.15) is 0 Å². The molecule has 0 heterocycles. The molecule has 0 saturated carbocycles. The fourth-order valence-corrected chi connectivity index (χ4v) is 2.57. The summed E-state index contributed by atoms with van der Waals surface area (Å²) in [6.45, 7) is 3.95. The van der Waals surface area contributed by atoms with Gasteiger partial charge in [0.2, 0.25) is 0 Å². The summed E-state index contributed by atoms with van der Waals surface area (Å²) in [7, 11) is 0. The average molecular weight is 389 g/mol. The molecule has 0 aliphatic carbocycles. The van der Waals surface area contributed by atoms with E-state index in [1.165, 1.54) is 5.56 Å². The summed E-state index contributed by atoms with van der Waals surface area (Å²) < 4.78 is 0.922. The molecule has 1 atom stereocenters. The van der Waals surface area contributed by atoms with Gasteiger partial charge in [-0.15, -0.1) is 0 Å². The molecule has 0 aliphatic heterocycles. The molecule has 4 nitrogen and oxygen atoms in total. The van der Waals surface area contributed by atoms with Gasteiger partial charge in [-0.25, -0.2) is 0 Å². The monoisotopic (exact) mass is 388 g/mol. The van der Waals surface area contributed by atoms with Crippen LogP contribution in [0, 0.1) is 0 Å². The second kappa shape index (κ2) is 9.23. The zero-order valence-corrected chi connectivity index (χ0v) is 15.4. The summed E-state index contributed by atoms with van der Waals surface area (Å²) in [5, 5.41) is 6.73. The van der Waals surface area contributed by atoms with E-state index in [0.29, 0.717) is 0 Å². The number of rotatable bonds is 7. The number of nitrogens with one attached hydrogen (secondary N) is 1. The Morgan fingerprint density at radius 3 is 2.62 bits per heavy atom. The number of carbonyl (C=O) groups excluding carboxylic acids is 1. The molecule has 0 aliphatic rings. The minimum Gasteiger partial charge on any atom is -0.386 e. The Morgan fingerprint density at radius 1 is 1.25 bits per heavy atom. The normalized spacial score (nSPS) is 12.1. The second-order valence-corrected chi connectivity index (χ2v) is 6.27. The van der Waals surface area contributed by atoms with Crippen LogP contribution >= 0.6 is 15.9 Å². The highest BCUT2D eigenvalue weighted by Crippen LogP contribution is 2.14. The number of halogens is 1. The Kier molecular flexibility index (Phi) is 7.00. The van der Waals surface area contributed by atoms with E-state index in [0.717, 1.165) is 22.0 Å². The van der Waals surface area contributed by atoms with Gasteiger partial charge in [0, 0.05) is 10.0 Å². The van der Waals surface area contributed by atoms with Crippen molar-refractivity contribution in [1.29, 1.82) is 0 Å². The standard InChI is InChI=1S/C19H21BrN2O2/c1-3-15-8-10-16(11-9-15)14(2)22-19(23)13-24-21-12-17-6-4-5-7-18(17)20/h4-12,14H,3,13H2,1-2H3,(H,22,23)/b21-12-/t14-/m1/s1. The summed E-state index contributed by atoms with van der Waals surface area (Å²) in [5.41, 5.74) is 3.24. The molecule has 5 heteroatoms. The minimum atomic E-state index is -0.202. The van der Waals surface area contributed by atoms with Gasteiger partial charge >= 0.3 is 0 Å². The van der Waals surface area contributed by atoms with Crippen LogP contribution in [0.2, 0.25) is 0 Å². The molecule has 0 saturated heterocycles. The van der Waals surface area contributed by atoms with Crippen LogP contribution in [-0.2, 0) is 16.1 Å². The Labute approximate surface area is 151 Å². The van der Waals surface area contributed by atoms with Gasteiger partial charge < -0.3 is 10.2 Å². The number of nitrogens with zero attached hydrogens (tertiary/aromatic N) is 1. The van der Waals surface area contributed by atoms with E-state index in [1.807, 2.05) is 43.3 Å². The maximum Gasteiger partial charge on any atom is 0.261 e. The van der Waals surface area contributed by atoms with Crippen LogP contribution in [0.5, 0.6) is 0 Å².